The van der Waals surface area contributed by atoms with Crippen molar-refractivity contribution in [1.29, 1.82) is 0 Å². The molecule has 0 fully saturated rings. The summed E-state index contributed by atoms with van der Waals surface area (Å²) in [6, 6.07) is 0. The summed E-state index contributed by atoms with van der Waals surface area (Å²) in [5.41, 5.74) is 0. The van der Waals surface area contributed by atoms with Crippen molar-refractivity contribution in [2.45, 2.75) is 96.8 Å². The maximum Gasteiger partial charge on any atom is 0.410 e. The van der Waals surface area contributed by atoms with E-state index in [1.54, 1.807) is 0 Å². The fourth-order valence-corrected chi connectivity index (χ4v) is 3.10. The van der Waals surface area contributed by atoms with Crippen LogP contribution in [0.4, 0.5) is 4.79 Å². The van der Waals surface area contributed by atoms with Crippen molar-refractivity contribution in [1.82, 2.24) is 4.90 Å². The maximum absolute atomic E-state index is 11.7. The molecule has 0 radical (unpaired) electrons. The minimum atomic E-state index is -0.561. The van der Waals surface area contributed by atoms with Crippen LogP contribution in [0.1, 0.15) is 96.8 Å². The molecule has 6 heteroatoms. The Balaban J connectivity index is 3.32. The summed E-state index contributed by atoms with van der Waals surface area (Å²) in [7, 11) is 1.50. The number of nitrogens with zero attached hydrogens (tertiary/aromatic N) is 1. The van der Waals surface area contributed by atoms with Crippen LogP contribution in [0.2, 0.25) is 0 Å². The molecular formula is C22H42ClNO4. The third-order valence-electron chi connectivity index (χ3n) is 4.74. The first kappa shape index (κ1) is 27.0. The molecule has 0 bridgehead atoms. The van der Waals surface area contributed by atoms with E-state index >= 15 is 0 Å². The minimum Gasteiger partial charge on any atom is -0.464 e. The van der Waals surface area contributed by atoms with Crippen molar-refractivity contribution in [2.75, 3.05) is 32.7 Å². The zero-order valence-electron chi connectivity index (χ0n) is 18.2. The predicted octanol–water partition coefficient (Wildman–Crippen LogP) is 6.32. The Bertz CT molecular complexity index is 380. The molecule has 0 saturated heterocycles. The van der Waals surface area contributed by atoms with Gasteiger partial charge >= 0.3 is 12.1 Å². The van der Waals surface area contributed by atoms with Gasteiger partial charge in [-0.2, -0.15) is 0 Å². The van der Waals surface area contributed by atoms with Gasteiger partial charge in [0.2, 0.25) is 0 Å². The number of ether oxygens (including phenoxy) is 2. The van der Waals surface area contributed by atoms with Crippen LogP contribution >= 0.6 is 11.6 Å². The standard InChI is InChI=1S/C22H42ClNO4/c1-3-4-5-6-7-8-9-10-11-12-13-14-15-16-18-27-21(25)20-24(2)22(26)28-19-17-23/h3-20H2,1-2H3. The molecule has 0 N–H and O–H groups in total. The van der Waals surface area contributed by atoms with Crippen LogP contribution in [0.15, 0.2) is 0 Å². The molecule has 0 spiro atoms. The second-order valence-electron chi connectivity index (χ2n) is 7.48. The van der Waals surface area contributed by atoms with Gasteiger partial charge in [0.15, 0.2) is 0 Å². The third kappa shape index (κ3) is 18.4. The second kappa shape index (κ2) is 20.8. The number of hydrogen-bond acceptors (Lipinski definition) is 4. The molecule has 28 heavy (non-hydrogen) atoms. The van der Waals surface area contributed by atoms with E-state index in [4.69, 9.17) is 21.1 Å². The van der Waals surface area contributed by atoms with Gasteiger partial charge in [-0.25, -0.2) is 4.79 Å². The molecule has 166 valence electrons. The van der Waals surface area contributed by atoms with Crippen molar-refractivity contribution in [3.8, 4) is 0 Å². The van der Waals surface area contributed by atoms with Crippen molar-refractivity contribution in [3.05, 3.63) is 0 Å². The van der Waals surface area contributed by atoms with E-state index in [9.17, 15) is 9.59 Å². The smallest absolute Gasteiger partial charge is 0.410 e. The largest absolute Gasteiger partial charge is 0.464 e. The Hall–Kier alpha value is -0.970. The normalized spacial score (nSPS) is 10.7. The number of carbonyl (C=O) groups is 2. The third-order valence-corrected chi connectivity index (χ3v) is 4.90. The molecule has 0 atom stereocenters. The summed E-state index contributed by atoms with van der Waals surface area (Å²) in [6.45, 7) is 2.72. The lowest BCUT2D eigenvalue weighted by Gasteiger charge is -2.15. The van der Waals surface area contributed by atoms with Crippen molar-refractivity contribution >= 4 is 23.7 Å². The summed E-state index contributed by atoms with van der Waals surface area (Å²) in [5.74, 6) is -0.164. The fourth-order valence-electron chi connectivity index (χ4n) is 3.02. The number of rotatable bonds is 19. The monoisotopic (exact) mass is 419 g/mol. The van der Waals surface area contributed by atoms with Crippen LogP contribution in [-0.2, 0) is 14.3 Å². The van der Waals surface area contributed by atoms with Gasteiger partial charge in [0.05, 0.1) is 12.5 Å². The van der Waals surface area contributed by atoms with Gasteiger partial charge in [0.25, 0.3) is 0 Å². The number of esters is 1. The van der Waals surface area contributed by atoms with Gasteiger partial charge in [-0.3, -0.25) is 4.79 Å². The van der Waals surface area contributed by atoms with E-state index in [1.807, 2.05) is 0 Å². The zero-order chi connectivity index (χ0) is 20.9. The van der Waals surface area contributed by atoms with Gasteiger partial charge in [-0.05, 0) is 6.42 Å². The quantitative estimate of drug-likeness (QED) is 0.140. The molecule has 0 aliphatic carbocycles. The van der Waals surface area contributed by atoms with Gasteiger partial charge in [0.1, 0.15) is 13.2 Å². The van der Waals surface area contributed by atoms with E-state index in [1.165, 1.54) is 89.0 Å². The Labute approximate surface area is 177 Å². The highest BCUT2D eigenvalue weighted by Gasteiger charge is 2.14. The molecule has 0 aromatic heterocycles. The lowest BCUT2D eigenvalue weighted by molar-refractivity contribution is -0.144. The van der Waals surface area contributed by atoms with E-state index in [0.29, 0.717) is 6.61 Å². The molecule has 0 aromatic rings. The SMILES string of the molecule is CCCCCCCCCCCCCCCCOC(=O)CN(C)C(=O)OCCCl. The van der Waals surface area contributed by atoms with E-state index in [2.05, 4.69) is 6.92 Å². The van der Waals surface area contributed by atoms with Gasteiger partial charge in [0, 0.05) is 7.05 Å². The Morgan fingerprint density at radius 1 is 0.714 bits per heavy atom. The van der Waals surface area contributed by atoms with Crippen LogP contribution in [0.5, 0.6) is 0 Å². The molecule has 0 aromatic carbocycles. The topological polar surface area (TPSA) is 55.8 Å². The highest BCUT2D eigenvalue weighted by atomic mass is 35.5. The van der Waals surface area contributed by atoms with Crippen LogP contribution in [-0.4, -0.2) is 49.6 Å². The molecule has 0 aliphatic rings. The lowest BCUT2D eigenvalue weighted by atomic mass is 10.0. The van der Waals surface area contributed by atoms with Gasteiger partial charge < -0.3 is 14.4 Å². The summed E-state index contributed by atoms with van der Waals surface area (Å²) >= 11 is 5.45. The van der Waals surface area contributed by atoms with Crippen molar-refractivity contribution in [2.24, 2.45) is 0 Å². The predicted molar refractivity (Wildman–Crippen MR) is 116 cm³/mol. The molecule has 0 heterocycles. The molecule has 0 rings (SSSR count). The number of likely N-dealkylation sites (N-methyl/N-ethyl adjacent to an activating group) is 1. The Morgan fingerprint density at radius 3 is 1.64 bits per heavy atom. The zero-order valence-corrected chi connectivity index (χ0v) is 18.9. The number of carbonyl (C=O) groups excluding carboxylic acids is 2. The Kier molecular flexibility index (Phi) is 20.0. The first-order valence-corrected chi connectivity index (χ1v) is 11.7. The number of halogens is 1. The Morgan fingerprint density at radius 2 is 1.18 bits per heavy atom. The maximum atomic E-state index is 11.7. The lowest BCUT2D eigenvalue weighted by Crippen LogP contribution is -2.33. The van der Waals surface area contributed by atoms with Gasteiger partial charge in [-0.15, -0.1) is 11.6 Å². The minimum absolute atomic E-state index is 0.0975. The van der Waals surface area contributed by atoms with Gasteiger partial charge in [-0.1, -0.05) is 90.4 Å². The van der Waals surface area contributed by atoms with E-state index in [-0.39, 0.29) is 19.0 Å². The van der Waals surface area contributed by atoms with Crippen molar-refractivity contribution in [3.63, 3.8) is 0 Å². The molecule has 0 aliphatic heterocycles. The molecule has 0 saturated carbocycles. The molecule has 1 amide bonds. The number of alkyl halides is 1. The molecule has 0 unspecified atom stereocenters. The second-order valence-corrected chi connectivity index (χ2v) is 7.85. The highest BCUT2D eigenvalue weighted by molar-refractivity contribution is 6.18. The van der Waals surface area contributed by atoms with Crippen LogP contribution < -0.4 is 0 Å². The van der Waals surface area contributed by atoms with E-state index < -0.39 is 12.1 Å². The molecular weight excluding hydrogens is 378 g/mol. The summed E-state index contributed by atoms with van der Waals surface area (Å²) in [4.78, 5) is 24.4. The first-order valence-electron chi connectivity index (χ1n) is 11.2. The van der Waals surface area contributed by atoms with Crippen LogP contribution in [0.25, 0.3) is 0 Å². The summed E-state index contributed by atoms with van der Waals surface area (Å²) < 4.78 is 9.99. The number of amides is 1. The van der Waals surface area contributed by atoms with Crippen molar-refractivity contribution < 1.29 is 19.1 Å². The van der Waals surface area contributed by atoms with Crippen LogP contribution in [0.3, 0.4) is 0 Å². The summed E-state index contributed by atoms with van der Waals surface area (Å²) in [6.07, 6.45) is 17.6. The highest BCUT2D eigenvalue weighted by Crippen LogP contribution is 2.12. The van der Waals surface area contributed by atoms with E-state index in [0.717, 1.165) is 12.8 Å². The first-order chi connectivity index (χ1) is 13.6. The average Bonchev–Trinajstić information content (AvgIpc) is 2.68. The average molecular weight is 420 g/mol. The number of hydrogen-bond donors (Lipinski definition) is 0. The molecule has 5 nitrogen and oxygen atoms in total. The van der Waals surface area contributed by atoms with Crippen LogP contribution in [0, 0.1) is 0 Å². The number of unbranched alkanes of at least 4 members (excludes halogenated alkanes) is 13. The fraction of sp³-hybridized carbons (Fsp3) is 0.909. The summed E-state index contributed by atoms with van der Waals surface area (Å²) in [5, 5.41) is 0.